The Hall–Kier alpha value is -6.19. The van der Waals surface area contributed by atoms with Crippen molar-refractivity contribution in [2.45, 2.75) is 13.8 Å². The number of aryl methyl sites for hydroxylation is 1. The molecule has 0 aliphatic carbocycles. The number of aromatic nitrogens is 2. The molecule has 1 heterocycles. The van der Waals surface area contributed by atoms with Gasteiger partial charge in [0, 0.05) is 17.0 Å². The summed E-state index contributed by atoms with van der Waals surface area (Å²) in [6.45, 7) is 3.68. The summed E-state index contributed by atoms with van der Waals surface area (Å²) in [5, 5.41) is 0. The number of terminal acetylenes is 1. The molecule has 0 saturated carbocycles. The number of nitrogens with two attached hydrogens (primary N) is 1. The van der Waals surface area contributed by atoms with Crippen LogP contribution in [-0.4, -0.2) is 9.97 Å². The minimum absolute atomic E-state index is 0. The molecule has 0 amide bonds. The van der Waals surface area contributed by atoms with E-state index in [2.05, 4.69) is 86.9 Å². The fourth-order valence-corrected chi connectivity index (χ4v) is 2.41. The van der Waals surface area contributed by atoms with Crippen LogP contribution in [0.1, 0.15) is 18.3 Å². The number of nitrogens with zero attached hydrogens (tertiary/aromatic N) is 4. The first-order chi connectivity index (χ1) is 17.6. The Balaban J connectivity index is -0.000000274. The molecule has 6 heteroatoms. The van der Waals surface area contributed by atoms with E-state index in [4.69, 9.17) is 23.2 Å². The quantitative estimate of drug-likeness (QED) is 0.156. The van der Waals surface area contributed by atoms with E-state index in [0.29, 0.717) is 5.69 Å². The lowest BCUT2D eigenvalue weighted by Crippen LogP contribution is -1.95. The van der Waals surface area contributed by atoms with E-state index in [1.165, 1.54) is 0 Å². The molecular weight excluding hydrogens is 444 g/mol. The number of nitrogen functional groups attached to an aromatic ring is 1. The van der Waals surface area contributed by atoms with Crippen molar-refractivity contribution in [2.24, 2.45) is 0 Å². The molecule has 0 atom stereocenters. The maximum absolute atomic E-state index is 6.86. The molecule has 1 aromatic heterocycles. The first-order valence-corrected chi connectivity index (χ1v) is 10.0. The first kappa shape index (κ1) is 27.8. The summed E-state index contributed by atoms with van der Waals surface area (Å²) in [6, 6.07) is 15.7. The third-order valence-electron chi connectivity index (χ3n) is 3.73. The fraction of sp³-hybridized carbons (Fsp3) is 0.0667. The average molecular weight is 471 g/mol. The Morgan fingerprint density at radius 3 is 1.89 bits per heavy atom. The number of hydrogen-bond donors (Lipinski definition) is 2. The van der Waals surface area contributed by atoms with Gasteiger partial charge in [-0.15, -0.1) is 12.0 Å². The number of nitrogens with one attached hydrogen (secondary N) is 1. The number of fused-ring (bicyclic) bond motifs is 1. The lowest BCUT2D eigenvalue weighted by molar-refractivity contribution is 1.19. The average Bonchev–Trinajstić information content (AvgIpc) is 2.88. The fourth-order valence-electron chi connectivity index (χ4n) is 2.41. The Bertz CT molecular complexity index is 1690. The molecule has 0 aliphatic rings. The highest BCUT2D eigenvalue weighted by molar-refractivity contribution is 5.81. The van der Waals surface area contributed by atoms with Crippen LogP contribution in [0.25, 0.3) is 32.7 Å². The minimum atomic E-state index is 0. The highest BCUT2D eigenvalue weighted by Gasteiger charge is 2.07. The topological polar surface area (TPSA) is 112 Å². The largest absolute Gasteiger partial charge is 0.399 e. The number of hydrogen-bond acceptors (Lipinski definition) is 4. The molecule has 0 radical (unpaired) electrons. The maximum Gasteiger partial charge on any atom is 0.0922 e. The van der Waals surface area contributed by atoms with Crippen molar-refractivity contribution in [1.29, 1.82) is 5.53 Å². The monoisotopic (exact) mass is 470 g/mol. The Labute approximate surface area is 217 Å². The molecule has 6 nitrogen and oxygen atoms in total. The molecular formula is C30H26N6. The van der Waals surface area contributed by atoms with Gasteiger partial charge in [0.15, 0.2) is 0 Å². The van der Waals surface area contributed by atoms with Gasteiger partial charge in [-0.3, -0.25) is 0 Å². The van der Waals surface area contributed by atoms with Crippen LogP contribution in [0.2, 0.25) is 0 Å². The van der Waals surface area contributed by atoms with Gasteiger partial charge in [-0.25, -0.2) is 9.97 Å². The molecule has 0 bridgehead atoms. The molecule has 2 aromatic carbocycles. The van der Waals surface area contributed by atoms with Gasteiger partial charge in [0.1, 0.15) is 0 Å². The van der Waals surface area contributed by atoms with Gasteiger partial charge < -0.3 is 5.73 Å². The second kappa shape index (κ2) is 17.4. The molecule has 0 saturated heterocycles. The van der Waals surface area contributed by atoms with E-state index in [-0.39, 0.29) is 5.71 Å². The molecule has 3 aromatic rings. The molecule has 3 N–H and O–H groups in total. The van der Waals surface area contributed by atoms with Crippen molar-refractivity contribution in [3.8, 4) is 94.6 Å². The van der Waals surface area contributed by atoms with Crippen molar-refractivity contribution in [3.05, 3.63) is 64.7 Å². The molecule has 36 heavy (non-hydrogen) atoms. The van der Waals surface area contributed by atoms with Gasteiger partial charge in [0.05, 0.1) is 22.4 Å². The Kier molecular flexibility index (Phi) is 13.4. The summed E-state index contributed by atoms with van der Waals surface area (Å²) in [5.41, 5.74) is 23.4. The molecule has 0 fully saturated rings. The molecule has 0 aliphatic heterocycles. The lowest BCUT2D eigenvalue weighted by Gasteiger charge is -2.07. The lowest BCUT2D eigenvalue weighted by atomic mass is 10.1. The Morgan fingerprint density at radius 1 is 0.833 bits per heavy atom. The van der Waals surface area contributed by atoms with E-state index in [0.717, 1.165) is 28.0 Å². The zero-order chi connectivity index (χ0) is 26.4. The maximum atomic E-state index is 6.86. The third kappa shape index (κ3) is 10.9. The van der Waals surface area contributed by atoms with Crippen molar-refractivity contribution in [1.82, 2.24) is 9.97 Å². The predicted octanol–water partition coefficient (Wildman–Crippen LogP) is 5.71. The van der Waals surface area contributed by atoms with E-state index in [1.54, 1.807) is 11.8 Å². The summed E-state index contributed by atoms with van der Waals surface area (Å²) >= 11 is 0. The van der Waals surface area contributed by atoms with Crippen molar-refractivity contribution < 1.29 is 5.71 Å². The van der Waals surface area contributed by atoms with Gasteiger partial charge in [-0.05, 0) is 114 Å². The number of anilines is 1. The van der Waals surface area contributed by atoms with Crippen LogP contribution in [0.4, 0.5) is 5.69 Å². The first-order valence-electron chi connectivity index (χ1n) is 10.0. The number of benzene rings is 2. The van der Waals surface area contributed by atoms with Crippen molar-refractivity contribution >= 4 is 16.7 Å². The summed E-state index contributed by atoms with van der Waals surface area (Å²) in [7, 11) is 0. The predicted molar refractivity (Wildman–Crippen MR) is 153 cm³/mol. The van der Waals surface area contributed by atoms with Crippen LogP contribution in [0.15, 0.2) is 48.5 Å². The van der Waals surface area contributed by atoms with Gasteiger partial charge in [-0.2, -0.15) is 0 Å². The third-order valence-corrected chi connectivity index (χ3v) is 3.73. The van der Waals surface area contributed by atoms with E-state index in [1.807, 2.05) is 55.5 Å². The van der Waals surface area contributed by atoms with Crippen LogP contribution >= 0.6 is 0 Å². The van der Waals surface area contributed by atoms with Gasteiger partial charge in [0.25, 0.3) is 0 Å². The normalized spacial score (nSPS) is 7.14. The van der Waals surface area contributed by atoms with Gasteiger partial charge in [0.2, 0.25) is 0 Å². The second-order valence-corrected chi connectivity index (χ2v) is 6.14. The van der Waals surface area contributed by atoms with E-state index < -0.39 is 0 Å². The SMILES string of the molecule is C#CC#CC#CC#CC#CC#CC#CC.Cc1nc2ccc(N)cc2nc1-c1ccccc1.[HH].[HH].[HH].[HH].[N-]=[N+]=N. The summed E-state index contributed by atoms with van der Waals surface area (Å²) in [5.74, 6) is 31.9. The zero-order valence-corrected chi connectivity index (χ0v) is 19.6. The van der Waals surface area contributed by atoms with Crippen LogP contribution < -0.4 is 5.73 Å². The highest BCUT2D eigenvalue weighted by atomic mass is 15.0. The van der Waals surface area contributed by atoms with Crippen molar-refractivity contribution in [2.75, 3.05) is 5.73 Å². The number of rotatable bonds is 1. The molecule has 0 spiro atoms. The van der Waals surface area contributed by atoms with E-state index >= 15 is 0 Å². The highest BCUT2D eigenvalue weighted by Crippen LogP contribution is 2.23. The smallest absolute Gasteiger partial charge is 0.0922 e. The molecule has 0 unspecified atom stereocenters. The standard InChI is InChI=1S/C15H13N3.C15H4.HN3.4H2/c1-10-15(11-5-3-2-4-6-11)18-14-9-12(16)7-8-13(14)17-10;1-3-5-7-9-11-13-15-14-12-10-8-6-4-2;1-3-2;;;;/h2-9H,16H2,1H3;1H,2H3;1H;4*1H. The van der Waals surface area contributed by atoms with Crippen LogP contribution in [0, 0.1) is 95.8 Å². The van der Waals surface area contributed by atoms with Crippen LogP contribution in [0.3, 0.4) is 0 Å². The second-order valence-electron chi connectivity index (χ2n) is 6.14. The van der Waals surface area contributed by atoms with Gasteiger partial charge in [-0.1, -0.05) is 36.3 Å². The van der Waals surface area contributed by atoms with Gasteiger partial charge >= 0.3 is 0 Å². The summed E-state index contributed by atoms with van der Waals surface area (Å²) < 4.78 is 0. The minimum Gasteiger partial charge on any atom is -0.399 e. The summed E-state index contributed by atoms with van der Waals surface area (Å²) in [4.78, 5) is 11.0. The molecule has 3 rings (SSSR count). The zero-order valence-electron chi connectivity index (χ0n) is 19.6. The molecule has 176 valence electrons. The van der Waals surface area contributed by atoms with Crippen LogP contribution in [0.5, 0.6) is 0 Å². The van der Waals surface area contributed by atoms with Crippen LogP contribution in [-0.2, 0) is 0 Å². The Morgan fingerprint density at radius 2 is 1.36 bits per heavy atom. The summed E-state index contributed by atoms with van der Waals surface area (Å²) in [6.07, 6.45) is 4.87. The van der Waals surface area contributed by atoms with E-state index in [9.17, 15) is 0 Å². The van der Waals surface area contributed by atoms with Crippen molar-refractivity contribution in [3.63, 3.8) is 0 Å².